The zero-order chi connectivity index (χ0) is 23.6. The molecule has 2 bridgehead atoms. The molecular formula is C25H32N2O6. The molecule has 0 aromatic heterocycles. The van der Waals surface area contributed by atoms with Gasteiger partial charge < -0.3 is 24.7 Å². The van der Waals surface area contributed by atoms with E-state index in [2.05, 4.69) is 6.58 Å². The molecule has 1 spiro atoms. The molecule has 0 radical (unpaired) electrons. The lowest BCUT2D eigenvalue weighted by Crippen LogP contribution is -2.56. The number of fused-ring (bicyclic) bond motifs is 1. The van der Waals surface area contributed by atoms with Gasteiger partial charge in [-0.05, 0) is 37.7 Å². The zero-order valence-electron chi connectivity index (χ0n) is 18.8. The molecule has 3 heterocycles. The molecule has 0 unspecified atom stereocenters. The Morgan fingerprint density at radius 1 is 1.24 bits per heavy atom. The second kappa shape index (κ2) is 9.65. The van der Waals surface area contributed by atoms with Crippen LogP contribution in [0.2, 0.25) is 0 Å². The molecule has 8 heteroatoms. The van der Waals surface area contributed by atoms with Crippen LogP contribution in [-0.2, 0) is 25.7 Å². The molecule has 8 nitrogen and oxygen atoms in total. The van der Waals surface area contributed by atoms with E-state index >= 15 is 0 Å². The maximum absolute atomic E-state index is 14.0. The van der Waals surface area contributed by atoms with E-state index in [4.69, 9.17) is 9.84 Å². The number of carbonyl (C=O) groups excluding carboxylic acids is 2. The summed E-state index contributed by atoms with van der Waals surface area (Å²) in [6.45, 7) is 4.87. The van der Waals surface area contributed by atoms with Crippen molar-refractivity contribution in [3.05, 3.63) is 48.6 Å². The van der Waals surface area contributed by atoms with Crippen molar-refractivity contribution >= 4 is 17.8 Å². The summed E-state index contributed by atoms with van der Waals surface area (Å²) in [6.07, 6.45) is 4.10. The van der Waals surface area contributed by atoms with Crippen LogP contribution in [0.25, 0.3) is 0 Å². The molecular weight excluding hydrogens is 424 g/mol. The summed E-state index contributed by atoms with van der Waals surface area (Å²) >= 11 is 0. The molecule has 3 fully saturated rings. The maximum Gasteiger partial charge on any atom is 0.310 e. The summed E-state index contributed by atoms with van der Waals surface area (Å²) in [6, 6.07) is 8.75. The van der Waals surface area contributed by atoms with Gasteiger partial charge in [0.05, 0.1) is 17.9 Å². The molecule has 0 saturated carbocycles. The number of likely N-dealkylation sites (tertiary alicyclic amines) is 1. The van der Waals surface area contributed by atoms with Crippen LogP contribution in [0.4, 0.5) is 0 Å². The van der Waals surface area contributed by atoms with Gasteiger partial charge in [-0.3, -0.25) is 14.4 Å². The molecule has 178 valence electrons. The number of aliphatic hydroxyl groups excluding tert-OH is 1. The number of aliphatic hydroxyl groups is 1. The van der Waals surface area contributed by atoms with Crippen molar-refractivity contribution < 1.29 is 29.3 Å². The number of carbonyl (C=O) groups is 3. The third kappa shape index (κ3) is 4.06. The van der Waals surface area contributed by atoms with Crippen LogP contribution in [0.15, 0.2) is 43.0 Å². The Morgan fingerprint density at radius 2 is 2.00 bits per heavy atom. The quantitative estimate of drug-likeness (QED) is 0.389. The van der Waals surface area contributed by atoms with Crippen LogP contribution in [0.5, 0.6) is 0 Å². The second-order valence-corrected chi connectivity index (χ2v) is 9.20. The average molecular weight is 457 g/mol. The summed E-state index contributed by atoms with van der Waals surface area (Å²) in [5.74, 6) is -3.34. The number of rotatable bonds is 11. The molecule has 0 aliphatic carbocycles. The topological polar surface area (TPSA) is 107 Å². The number of aliphatic carboxylic acids is 1. The number of benzene rings is 1. The summed E-state index contributed by atoms with van der Waals surface area (Å²) in [5.41, 5.74) is -0.143. The van der Waals surface area contributed by atoms with Gasteiger partial charge in [0.15, 0.2) is 0 Å². The number of nitrogens with zero attached hydrogens (tertiary/aromatic N) is 2. The van der Waals surface area contributed by atoms with Gasteiger partial charge in [0.1, 0.15) is 11.6 Å². The normalized spacial score (nSPS) is 29.8. The Bertz CT molecular complexity index is 905. The third-order valence-electron chi connectivity index (χ3n) is 7.25. The van der Waals surface area contributed by atoms with Gasteiger partial charge in [-0.15, -0.1) is 6.58 Å². The standard InChI is InChI=1S/C25H32N2O6/c1-2-13-26(16-17-9-5-3-6-10-17)23(30)21-25-12-11-18(33-25)19(24(31)32)20(25)22(29)27(21)14-7-4-8-15-28/h2-3,5-6,9-10,18-21,28H,1,4,7-8,11-16H2,(H,31,32)/t18-,19+,20+,21-,25+/m0/s1. The van der Waals surface area contributed by atoms with Crippen LogP contribution in [0.3, 0.4) is 0 Å². The minimum Gasteiger partial charge on any atom is -0.481 e. The highest BCUT2D eigenvalue weighted by Crippen LogP contribution is 2.58. The number of carboxylic acid groups (broad SMARTS) is 1. The SMILES string of the molecule is C=CCN(Cc1ccccc1)C(=O)[C@@H]1N(CCCCCO)C(=O)[C@H]2[C@H](C(=O)O)[C@@H]3CC[C@]12O3. The number of carboxylic acids is 1. The van der Waals surface area contributed by atoms with Gasteiger partial charge in [-0.1, -0.05) is 36.4 Å². The van der Waals surface area contributed by atoms with E-state index in [-0.39, 0.29) is 18.4 Å². The molecule has 3 saturated heterocycles. The van der Waals surface area contributed by atoms with E-state index in [1.807, 2.05) is 30.3 Å². The fourth-order valence-electron chi connectivity index (χ4n) is 5.89. The number of hydrogen-bond donors (Lipinski definition) is 2. The van der Waals surface area contributed by atoms with Crippen molar-refractivity contribution in [2.45, 2.75) is 56.4 Å². The fraction of sp³-hybridized carbons (Fsp3) is 0.560. The molecule has 3 aliphatic rings. The van der Waals surface area contributed by atoms with Crippen molar-refractivity contribution in [2.24, 2.45) is 11.8 Å². The van der Waals surface area contributed by atoms with Gasteiger partial charge in [0.2, 0.25) is 11.8 Å². The summed E-state index contributed by atoms with van der Waals surface area (Å²) in [5, 5.41) is 19.0. The van der Waals surface area contributed by atoms with Gasteiger partial charge in [-0.2, -0.15) is 0 Å². The Morgan fingerprint density at radius 3 is 2.67 bits per heavy atom. The first kappa shape index (κ1) is 23.4. The fourth-order valence-corrected chi connectivity index (χ4v) is 5.89. The molecule has 2 N–H and O–H groups in total. The van der Waals surface area contributed by atoms with Crippen LogP contribution in [0.1, 0.15) is 37.7 Å². The Hall–Kier alpha value is -2.71. The maximum atomic E-state index is 14.0. The summed E-state index contributed by atoms with van der Waals surface area (Å²) < 4.78 is 6.24. The van der Waals surface area contributed by atoms with Crippen molar-refractivity contribution in [1.82, 2.24) is 9.80 Å². The Balaban J connectivity index is 1.66. The number of hydrogen-bond acceptors (Lipinski definition) is 5. The molecule has 4 rings (SSSR count). The van der Waals surface area contributed by atoms with Crippen LogP contribution >= 0.6 is 0 Å². The van der Waals surface area contributed by atoms with Gasteiger partial charge in [-0.25, -0.2) is 0 Å². The molecule has 2 amide bonds. The second-order valence-electron chi connectivity index (χ2n) is 9.20. The first-order valence-electron chi connectivity index (χ1n) is 11.7. The van der Waals surface area contributed by atoms with Crippen LogP contribution in [-0.4, -0.2) is 75.2 Å². The van der Waals surface area contributed by atoms with Crippen molar-refractivity contribution in [2.75, 3.05) is 19.7 Å². The third-order valence-corrected chi connectivity index (χ3v) is 7.25. The van der Waals surface area contributed by atoms with Gasteiger partial charge in [0, 0.05) is 26.2 Å². The minimum atomic E-state index is -1.10. The van der Waals surface area contributed by atoms with Crippen molar-refractivity contribution in [3.63, 3.8) is 0 Å². The monoisotopic (exact) mass is 456 g/mol. The van der Waals surface area contributed by atoms with E-state index in [0.29, 0.717) is 51.7 Å². The molecule has 1 aromatic carbocycles. The largest absolute Gasteiger partial charge is 0.481 e. The van der Waals surface area contributed by atoms with Crippen LogP contribution < -0.4 is 0 Å². The predicted octanol–water partition coefficient (Wildman–Crippen LogP) is 1.82. The van der Waals surface area contributed by atoms with Crippen LogP contribution in [0, 0.1) is 11.8 Å². The highest BCUT2D eigenvalue weighted by Gasteiger charge is 2.74. The first-order chi connectivity index (χ1) is 15.9. The number of ether oxygens (including phenoxy) is 1. The van der Waals surface area contributed by atoms with Gasteiger partial charge in [0.25, 0.3) is 0 Å². The summed E-state index contributed by atoms with van der Waals surface area (Å²) in [7, 11) is 0. The molecule has 3 aliphatic heterocycles. The lowest BCUT2D eigenvalue weighted by atomic mass is 9.70. The van der Waals surface area contributed by atoms with E-state index < -0.39 is 35.6 Å². The average Bonchev–Trinajstić information content (AvgIpc) is 3.44. The zero-order valence-corrected chi connectivity index (χ0v) is 18.8. The van der Waals surface area contributed by atoms with E-state index in [9.17, 15) is 19.5 Å². The Labute approximate surface area is 193 Å². The van der Waals surface area contributed by atoms with E-state index in [1.165, 1.54) is 0 Å². The highest BCUT2D eigenvalue weighted by atomic mass is 16.5. The Kier molecular flexibility index (Phi) is 6.86. The first-order valence-corrected chi connectivity index (χ1v) is 11.7. The lowest BCUT2D eigenvalue weighted by Gasteiger charge is -2.36. The molecule has 33 heavy (non-hydrogen) atoms. The summed E-state index contributed by atoms with van der Waals surface area (Å²) in [4.78, 5) is 42.8. The minimum absolute atomic E-state index is 0.0684. The van der Waals surface area contributed by atoms with E-state index in [1.54, 1.807) is 15.9 Å². The van der Waals surface area contributed by atoms with E-state index in [0.717, 1.165) is 5.56 Å². The molecule has 1 aromatic rings. The lowest BCUT2D eigenvalue weighted by molar-refractivity contribution is -0.151. The molecule has 5 atom stereocenters. The van der Waals surface area contributed by atoms with Crippen molar-refractivity contribution in [1.29, 1.82) is 0 Å². The smallest absolute Gasteiger partial charge is 0.310 e. The van der Waals surface area contributed by atoms with Gasteiger partial charge >= 0.3 is 5.97 Å². The number of unbranched alkanes of at least 4 members (excludes halogenated alkanes) is 2. The van der Waals surface area contributed by atoms with Crippen molar-refractivity contribution in [3.8, 4) is 0 Å². The predicted molar refractivity (Wildman–Crippen MR) is 120 cm³/mol. The highest BCUT2D eigenvalue weighted by molar-refractivity contribution is 5.98. The number of amides is 2.